The van der Waals surface area contributed by atoms with Crippen molar-refractivity contribution in [1.29, 1.82) is 0 Å². The first kappa shape index (κ1) is 27.0. The van der Waals surface area contributed by atoms with Gasteiger partial charge in [-0.25, -0.2) is 4.79 Å². The predicted molar refractivity (Wildman–Crippen MR) is 104 cm³/mol. The van der Waals surface area contributed by atoms with Crippen LogP contribution in [0.25, 0.3) is 0 Å². The Morgan fingerprint density at radius 1 is 0.906 bits per heavy atom. The zero-order valence-electron chi connectivity index (χ0n) is 17.8. The highest BCUT2D eigenvalue weighted by Crippen LogP contribution is 2.28. The quantitative estimate of drug-likeness (QED) is 0.154. The molecule has 1 aliphatic rings. The van der Waals surface area contributed by atoms with Gasteiger partial charge in [0.2, 0.25) is 0 Å². The van der Waals surface area contributed by atoms with Crippen LogP contribution in [0.1, 0.15) is 27.7 Å². The summed E-state index contributed by atoms with van der Waals surface area (Å²) in [4.78, 5) is 69.6. The van der Waals surface area contributed by atoms with Gasteiger partial charge in [-0.05, 0) is 0 Å². The van der Waals surface area contributed by atoms with Crippen molar-refractivity contribution < 1.29 is 47.7 Å². The van der Waals surface area contributed by atoms with Gasteiger partial charge in [0.1, 0.15) is 12.7 Å². The van der Waals surface area contributed by atoms with Gasteiger partial charge < -0.3 is 29.0 Å². The maximum absolute atomic E-state index is 12.4. The summed E-state index contributed by atoms with van der Waals surface area (Å²) in [5.41, 5.74) is 0. The second kappa shape index (κ2) is 12.8. The standard InChI is InChI=1S/C17H24ClN3O11/c1-8(22)28-7-12-13(29-9(2)23)14(30-10(3)24)15(31-11(4)25)16(32-12)19-17(26)21(20-27)6-5-18/h12-16H,5-7H2,1-4H3,(H,19,26)/t12-,13+,14+,15+,16-/m1/s1. The van der Waals surface area contributed by atoms with Crippen LogP contribution in [0.3, 0.4) is 0 Å². The minimum atomic E-state index is -1.53. The molecule has 0 saturated carbocycles. The number of nitrogens with zero attached hydrogens (tertiary/aromatic N) is 2. The van der Waals surface area contributed by atoms with Crippen LogP contribution in [-0.4, -0.2) is 84.6 Å². The van der Waals surface area contributed by atoms with E-state index in [1.54, 1.807) is 0 Å². The second-order valence-electron chi connectivity index (χ2n) is 6.46. The molecule has 0 aromatic carbocycles. The third-order valence-electron chi connectivity index (χ3n) is 3.89. The number of carbonyl (C=O) groups is 5. The molecule has 0 unspecified atom stereocenters. The summed E-state index contributed by atoms with van der Waals surface area (Å²) in [6, 6.07) is -1.07. The van der Waals surface area contributed by atoms with E-state index in [0.717, 1.165) is 27.7 Å². The molecule has 0 bridgehead atoms. The lowest BCUT2D eigenvalue weighted by Crippen LogP contribution is -2.66. The lowest BCUT2D eigenvalue weighted by molar-refractivity contribution is -0.255. The highest BCUT2D eigenvalue weighted by Gasteiger charge is 2.52. The fourth-order valence-electron chi connectivity index (χ4n) is 2.80. The molecule has 1 fully saturated rings. The van der Waals surface area contributed by atoms with E-state index in [1.165, 1.54) is 0 Å². The fourth-order valence-corrected chi connectivity index (χ4v) is 2.96. The summed E-state index contributed by atoms with van der Waals surface area (Å²) >= 11 is 5.53. The maximum atomic E-state index is 12.4. The second-order valence-corrected chi connectivity index (χ2v) is 6.84. The van der Waals surface area contributed by atoms with Crippen LogP contribution in [0, 0.1) is 4.91 Å². The molecule has 1 aliphatic heterocycles. The molecule has 0 aliphatic carbocycles. The van der Waals surface area contributed by atoms with Gasteiger partial charge in [0, 0.05) is 33.6 Å². The Labute approximate surface area is 187 Å². The van der Waals surface area contributed by atoms with Gasteiger partial charge in [-0.2, -0.15) is 5.01 Å². The van der Waals surface area contributed by atoms with Crippen molar-refractivity contribution in [3.63, 3.8) is 0 Å². The number of hydrogen-bond donors (Lipinski definition) is 1. The van der Waals surface area contributed by atoms with Crippen molar-refractivity contribution in [1.82, 2.24) is 10.3 Å². The molecule has 1 heterocycles. The third kappa shape index (κ3) is 8.26. The van der Waals surface area contributed by atoms with Crippen molar-refractivity contribution in [3.8, 4) is 0 Å². The first-order chi connectivity index (χ1) is 15.0. The largest absolute Gasteiger partial charge is 0.463 e. The molecule has 14 nitrogen and oxygen atoms in total. The van der Waals surface area contributed by atoms with Crippen LogP contribution in [0.2, 0.25) is 0 Å². The zero-order chi connectivity index (χ0) is 24.4. The van der Waals surface area contributed by atoms with Gasteiger partial charge in [0.25, 0.3) is 0 Å². The Kier molecular flexibility index (Phi) is 10.8. The molecule has 5 atom stereocenters. The smallest absolute Gasteiger partial charge is 0.342 e. The van der Waals surface area contributed by atoms with Crippen LogP contribution in [-0.2, 0) is 42.9 Å². The topological polar surface area (TPSA) is 176 Å². The zero-order valence-corrected chi connectivity index (χ0v) is 18.5. The van der Waals surface area contributed by atoms with Gasteiger partial charge in [-0.3, -0.25) is 19.2 Å². The average molecular weight is 482 g/mol. The van der Waals surface area contributed by atoms with Crippen LogP contribution in [0.5, 0.6) is 0 Å². The van der Waals surface area contributed by atoms with Crippen LogP contribution >= 0.6 is 11.6 Å². The van der Waals surface area contributed by atoms with E-state index in [0.29, 0.717) is 5.01 Å². The Morgan fingerprint density at radius 3 is 1.91 bits per heavy atom. The summed E-state index contributed by atoms with van der Waals surface area (Å²) in [5.74, 6) is -3.29. The predicted octanol–water partition coefficient (Wildman–Crippen LogP) is 0.00130. The lowest BCUT2D eigenvalue weighted by atomic mass is 9.97. The molecule has 32 heavy (non-hydrogen) atoms. The van der Waals surface area contributed by atoms with Gasteiger partial charge in [-0.1, -0.05) is 0 Å². The van der Waals surface area contributed by atoms with Crippen LogP contribution < -0.4 is 5.32 Å². The molecule has 1 saturated heterocycles. The number of urea groups is 1. The number of hydrogen-bond acceptors (Lipinski definition) is 12. The maximum Gasteiger partial charge on any atom is 0.342 e. The van der Waals surface area contributed by atoms with Crippen LogP contribution in [0.4, 0.5) is 4.79 Å². The molecule has 0 radical (unpaired) electrons. The van der Waals surface area contributed by atoms with E-state index >= 15 is 0 Å². The van der Waals surface area contributed by atoms with E-state index < -0.39 is 67.2 Å². The Morgan fingerprint density at radius 2 is 1.44 bits per heavy atom. The molecule has 0 aromatic rings. The SMILES string of the molecule is CC(=O)OC[C@H]1O[C@@H](NC(=O)N(CCCl)N=O)[C@@H](OC(C)=O)[C@@H](OC(C)=O)[C@H]1OC(C)=O. The first-order valence-electron chi connectivity index (χ1n) is 9.27. The van der Waals surface area contributed by atoms with Crippen molar-refractivity contribution in [3.05, 3.63) is 4.91 Å². The fraction of sp³-hybridized carbons (Fsp3) is 0.706. The number of amides is 2. The lowest BCUT2D eigenvalue weighted by Gasteiger charge is -2.44. The highest BCUT2D eigenvalue weighted by atomic mass is 35.5. The van der Waals surface area contributed by atoms with E-state index in [4.69, 9.17) is 35.3 Å². The molecule has 0 spiro atoms. The van der Waals surface area contributed by atoms with E-state index in [9.17, 15) is 28.9 Å². The Hall–Kier alpha value is -3.00. The number of nitroso groups, excluding NO2 is 1. The molecule has 1 N–H and O–H groups in total. The summed E-state index contributed by atoms with van der Waals surface area (Å²) in [7, 11) is 0. The molecule has 15 heteroatoms. The molecular formula is C17H24ClN3O11. The minimum Gasteiger partial charge on any atom is -0.463 e. The monoisotopic (exact) mass is 481 g/mol. The van der Waals surface area contributed by atoms with E-state index in [-0.39, 0.29) is 12.4 Å². The molecule has 180 valence electrons. The van der Waals surface area contributed by atoms with Crippen molar-refractivity contribution >= 4 is 41.5 Å². The number of alkyl halides is 1. The summed E-state index contributed by atoms with van der Waals surface area (Å²) < 4.78 is 26.1. The normalized spacial score (nSPS) is 24.5. The van der Waals surface area contributed by atoms with Crippen molar-refractivity contribution in [2.24, 2.45) is 5.29 Å². The highest BCUT2D eigenvalue weighted by molar-refractivity contribution is 6.18. The summed E-state index contributed by atoms with van der Waals surface area (Å²) in [6.07, 6.45) is -7.14. The van der Waals surface area contributed by atoms with Gasteiger partial charge >= 0.3 is 29.9 Å². The molecular weight excluding hydrogens is 458 g/mol. The number of rotatable bonds is 9. The number of halogens is 1. The first-order valence-corrected chi connectivity index (χ1v) is 9.81. The van der Waals surface area contributed by atoms with Gasteiger partial charge in [-0.15, -0.1) is 16.5 Å². The van der Waals surface area contributed by atoms with Crippen molar-refractivity contribution in [2.75, 3.05) is 19.0 Å². The summed E-state index contributed by atoms with van der Waals surface area (Å²) in [6.45, 7) is 3.57. The third-order valence-corrected chi connectivity index (χ3v) is 4.05. The average Bonchev–Trinajstić information content (AvgIpc) is 2.67. The number of carbonyl (C=O) groups excluding carboxylic acids is 5. The molecule has 0 aromatic heterocycles. The number of esters is 4. The van der Waals surface area contributed by atoms with Crippen molar-refractivity contribution in [2.45, 2.75) is 58.3 Å². The minimum absolute atomic E-state index is 0.113. The number of ether oxygens (including phenoxy) is 5. The Balaban J connectivity index is 3.36. The molecule has 2 amide bonds. The van der Waals surface area contributed by atoms with Gasteiger partial charge in [0.15, 0.2) is 24.5 Å². The summed E-state index contributed by atoms with van der Waals surface area (Å²) in [5, 5.41) is 5.24. The number of nitrogens with one attached hydrogen (secondary N) is 1. The van der Waals surface area contributed by atoms with Crippen LogP contribution in [0.15, 0.2) is 5.29 Å². The molecule has 1 rings (SSSR count). The van der Waals surface area contributed by atoms with Gasteiger partial charge in [0.05, 0.1) is 11.8 Å². The van der Waals surface area contributed by atoms with E-state index in [2.05, 4.69) is 10.6 Å². The Bertz CT molecular complexity index is 735. The van der Waals surface area contributed by atoms with E-state index in [1.807, 2.05) is 0 Å².